The van der Waals surface area contributed by atoms with Crippen molar-refractivity contribution in [3.63, 3.8) is 0 Å². The minimum absolute atomic E-state index is 0.0483. The van der Waals surface area contributed by atoms with Gasteiger partial charge in [-0.25, -0.2) is 4.79 Å². The van der Waals surface area contributed by atoms with E-state index in [1.54, 1.807) is 18.3 Å². The van der Waals surface area contributed by atoms with E-state index in [2.05, 4.69) is 10.3 Å². The maximum absolute atomic E-state index is 11.8. The number of aromatic nitrogens is 1. The Balaban J connectivity index is 2.31. The quantitative estimate of drug-likeness (QED) is 0.813. The molecule has 0 atom stereocenters. The molecule has 1 heterocycles. The first-order valence-corrected chi connectivity index (χ1v) is 5.91. The SMILES string of the molecule is O=C(O)c1cc(Cl)c(NC(=O)c2ccc[nH]2)c(Cl)c1. The van der Waals surface area contributed by atoms with Crippen molar-refractivity contribution in [2.45, 2.75) is 0 Å². The molecular formula is C12H8Cl2N2O3. The smallest absolute Gasteiger partial charge is 0.335 e. The van der Waals surface area contributed by atoms with Crippen LogP contribution in [-0.2, 0) is 0 Å². The standard InChI is InChI=1S/C12H8Cl2N2O3/c13-7-4-6(12(18)19)5-8(14)10(7)16-11(17)9-2-1-3-15-9/h1-5,15H,(H,16,17)(H,18,19). The predicted molar refractivity (Wildman–Crippen MR) is 72.2 cm³/mol. The number of rotatable bonds is 3. The minimum atomic E-state index is -1.15. The molecule has 0 saturated carbocycles. The largest absolute Gasteiger partial charge is 0.478 e. The summed E-state index contributed by atoms with van der Waals surface area (Å²) in [4.78, 5) is 25.4. The van der Waals surface area contributed by atoms with Gasteiger partial charge in [-0.3, -0.25) is 4.79 Å². The Morgan fingerprint density at radius 3 is 2.32 bits per heavy atom. The number of amides is 1. The van der Waals surface area contributed by atoms with Gasteiger partial charge in [0.05, 0.1) is 21.3 Å². The van der Waals surface area contributed by atoms with E-state index < -0.39 is 11.9 Å². The summed E-state index contributed by atoms with van der Waals surface area (Å²) < 4.78 is 0. The highest BCUT2D eigenvalue weighted by Crippen LogP contribution is 2.32. The van der Waals surface area contributed by atoms with Crippen molar-refractivity contribution in [1.82, 2.24) is 4.98 Å². The number of carboxylic acid groups (broad SMARTS) is 1. The van der Waals surface area contributed by atoms with E-state index in [1.807, 2.05) is 0 Å². The molecule has 2 rings (SSSR count). The highest BCUT2D eigenvalue weighted by Gasteiger charge is 2.15. The van der Waals surface area contributed by atoms with Crippen LogP contribution in [0.2, 0.25) is 10.0 Å². The van der Waals surface area contributed by atoms with Crippen LogP contribution in [-0.4, -0.2) is 22.0 Å². The zero-order valence-electron chi connectivity index (χ0n) is 9.41. The molecule has 2 aromatic rings. The zero-order valence-corrected chi connectivity index (χ0v) is 10.9. The van der Waals surface area contributed by atoms with Gasteiger partial charge in [0.2, 0.25) is 0 Å². The Kier molecular flexibility index (Phi) is 3.78. The first-order valence-electron chi connectivity index (χ1n) is 5.16. The molecule has 3 N–H and O–H groups in total. The number of carbonyl (C=O) groups excluding carboxylic acids is 1. The number of carbonyl (C=O) groups is 2. The van der Waals surface area contributed by atoms with Gasteiger partial charge in [-0.15, -0.1) is 0 Å². The molecule has 0 aliphatic carbocycles. The number of hydrogen-bond donors (Lipinski definition) is 3. The number of hydrogen-bond acceptors (Lipinski definition) is 2. The van der Waals surface area contributed by atoms with Gasteiger partial charge >= 0.3 is 5.97 Å². The molecule has 0 aliphatic heterocycles. The van der Waals surface area contributed by atoms with Crippen molar-refractivity contribution in [2.24, 2.45) is 0 Å². The first kappa shape index (κ1) is 13.5. The average Bonchev–Trinajstić information content (AvgIpc) is 2.86. The molecule has 0 aliphatic rings. The topological polar surface area (TPSA) is 82.2 Å². The number of H-pyrrole nitrogens is 1. The van der Waals surface area contributed by atoms with Gasteiger partial charge in [0.25, 0.3) is 5.91 Å². The molecule has 7 heteroatoms. The third-order valence-electron chi connectivity index (χ3n) is 2.37. The Labute approximate surface area is 118 Å². The lowest BCUT2D eigenvalue weighted by Crippen LogP contribution is -2.13. The van der Waals surface area contributed by atoms with Crippen LogP contribution in [0.1, 0.15) is 20.8 Å². The minimum Gasteiger partial charge on any atom is -0.478 e. The lowest BCUT2D eigenvalue weighted by atomic mass is 10.2. The summed E-state index contributed by atoms with van der Waals surface area (Å²) in [5.41, 5.74) is 0.468. The highest BCUT2D eigenvalue weighted by molar-refractivity contribution is 6.40. The maximum atomic E-state index is 11.8. The third kappa shape index (κ3) is 2.89. The van der Waals surface area contributed by atoms with E-state index in [1.165, 1.54) is 12.1 Å². The van der Waals surface area contributed by atoms with Gasteiger partial charge in [0.1, 0.15) is 5.69 Å². The van der Waals surface area contributed by atoms with Gasteiger partial charge in [-0.1, -0.05) is 23.2 Å². The van der Waals surface area contributed by atoms with Crippen LogP contribution in [0, 0.1) is 0 Å². The van der Waals surface area contributed by atoms with Crippen LogP contribution in [0.15, 0.2) is 30.5 Å². The maximum Gasteiger partial charge on any atom is 0.335 e. The summed E-state index contributed by atoms with van der Waals surface area (Å²) in [5.74, 6) is -1.57. The van der Waals surface area contributed by atoms with Crippen molar-refractivity contribution in [3.8, 4) is 0 Å². The fourth-order valence-electron chi connectivity index (χ4n) is 1.47. The number of carboxylic acids is 1. The third-order valence-corrected chi connectivity index (χ3v) is 2.97. The van der Waals surface area contributed by atoms with Crippen LogP contribution in [0.5, 0.6) is 0 Å². The van der Waals surface area contributed by atoms with Crippen LogP contribution in [0.3, 0.4) is 0 Å². The second-order valence-corrected chi connectivity index (χ2v) is 4.47. The Morgan fingerprint density at radius 1 is 1.21 bits per heavy atom. The van der Waals surface area contributed by atoms with Crippen LogP contribution in [0.4, 0.5) is 5.69 Å². The molecular weight excluding hydrogens is 291 g/mol. The molecule has 0 bridgehead atoms. The fraction of sp³-hybridized carbons (Fsp3) is 0. The van der Waals surface area contributed by atoms with Gasteiger partial charge in [0.15, 0.2) is 0 Å². The van der Waals surface area contributed by atoms with Crippen molar-refractivity contribution >= 4 is 40.8 Å². The first-order chi connectivity index (χ1) is 8.99. The number of benzene rings is 1. The number of nitrogens with one attached hydrogen (secondary N) is 2. The van der Waals surface area contributed by atoms with Gasteiger partial charge in [-0.05, 0) is 24.3 Å². The molecule has 1 aromatic carbocycles. The summed E-state index contributed by atoms with van der Waals surface area (Å²) >= 11 is 11.8. The van der Waals surface area contributed by atoms with Crippen molar-refractivity contribution < 1.29 is 14.7 Å². The summed E-state index contributed by atoms with van der Waals surface area (Å²) in [7, 11) is 0. The van der Waals surface area contributed by atoms with Crippen LogP contribution >= 0.6 is 23.2 Å². The molecule has 0 spiro atoms. The lowest BCUT2D eigenvalue weighted by molar-refractivity contribution is 0.0696. The lowest BCUT2D eigenvalue weighted by Gasteiger charge is -2.09. The number of aromatic amines is 1. The van der Waals surface area contributed by atoms with Crippen molar-refractivity contribution in [1.29, 1.82) is 0 Å². The second kappa shape index (κ2) is 5.34. The summed E-state index contributed by atoms with van der Waals surface area (Å²) in [5, 5.41) is 11.5. The molecule has 0 saturated heterocycles. The average molecular weight is 299 g/mol. The Hall–Kier alpha value is -1.98. The Morgan fingerprint density at radius 2 is 1.84 bits per heavy atom. The highest BCUT2D eigenvalue weighted by atomic mass is 35.5. The molecule has 1 amide bonds. The van der Waals surface area contributed by atoms with Gasteiger partial charge in [0, 0.05) is 6.20 Å². The van der Waals surface area contributed by atoms with Gasteiger partial charge in [-0.2, -0.15) is 0 Å². The molecule has 1 aromatic heterocycles. The van der Waals surface area contributed by atoms with E-state index in [-0.39, 0.29) is 21.3 Å². The number of aromatic carboxylic acids is 1. The Bertz CT molecular complexity index is 615. The second-order valence-electron chi connectivity index (χ2n) is 3.66. The summed E-state index contributed by atoms with van der Waals surface area (Å²) in [6.45, 7) is 0. The molecule has 0 radical (unpaired) electrons. The molecule has 0 unspecified atom stereocenters. The van der Waals surface area contributed by atoms with E-state index in [0.29, 0.717) is 5.69 Å². The van der Waals surface area contributed by atoms with E-state index in [0.717, 1.165) is 0 Å². The number of halogens is 2. The van der Waals surface area contributed by atoms with E-state index >= 15 is 0 Å². The predicted octanol–water partition coefficient (Wildman–Crippen LogP) is 3.27. The van der Waals surface area contributed by atoms with Crippen molar-refractivity contribution in [3.05, 3.63) is 51.8 Å². The molecule has 98 valence electrons. The fourth-order valence-corrected chi connectivity index (χ4v) is 2.05. The molecule has 5 nitrogen and oxygen atoms in total. The molecule has 0 fully saturated rings. The summed E-state index contributed by atoms with van der Waals surface area (Å²) in [6.07, 6.45) is 1.60. The van der Waals surface area contributed by atoms with E-state index in [9.17, 15) is 9.59 Å². The van der Waals surface area contributed by atoms with Crippen LogP contribution in [0.25, 0.3) is 0 Å². The van der Waals surface area contributed by atoms with Gasteiger partial charge < -0.3 is 15.4 Å². The van der Waals surface area contributed by atoms with Crippen LogP contribution < -0.4 is 5.32 Å². The van der Waals surface area contributed by atoms with Crippen molar-refractivity contribution in [2.75, 3.05) is 5.32 Å². The zero-order chi connectivity index (χ0) is 14.0. The van der Waals surface area contributed by atoms with E-state index in [4.69, 9.17) is 28.3 Å². The number of anilines is 1. The monoisotopic (exact) mass is 298 g/mol. The molecule has 19 heavy (non-hydrogen) atoms. The summed E-state index contributed by atoms with van der Waals surface area (Å²) in [6, 6.07) is 5.70. The normalized spacial score (nSPS) is 10.2.